The van der Waals surface area contributed by atoms with Crippen LogP contribution in [0, 0.1) is 0 Å². The zero-order valence-corrected chi connectivity index (χ0v) is 13.3. The molecule has 1 heterocycles. The highest BCUT2D eigenvalue weighted by molar-refractivity contribution is 5.89. The fraction of sp³-hybridized carbons (Fsp3) is 0.158. The first-order valence-electron chi connectivity index (χ1n) is 7.70. The molecule has 1 aromatic heterocycles. The molecule has 3 aromatic rings. The average molecular weight is 323 g/mol. The number of aromatic nitrogens is 1. The van der Waals surface area contributed by atoms with E-state index in [4.69, 9.17) is 13.9 Å². The van der Waals surface area contributed by atoms with Crippen molar-refractivity contribution >= 4 is 23.1 Å². The smallest absolute Gasteiger partial charge is 0.336 e. The molecule has 0 fully saturated rings. The number of rotatable bonds is 6. The lowest BCUT2D eigenvalue weighted by molar-refractivity contribution is -0.128. The minimum Gasteiger partial charge on any atom is -0.494 e. The number of oxazole rings is 1. The van der Waals surface area contributed by atoms with Crippen molar-refractivity contribution < 1.29 is 18.7 Å². The van der Waals surface area contributed by atoms with E-state index in [1.807, 2.05) is 24.3 Å². The maximum atomic E-state index is 11.9. The van der Waals surface area contributed by atoms with Crippen LogP contribution in [0.15, 0.2) is 59.4 Å². The van der Waals surface area contributed by atoms with Gasteiger partial charge in [-0.05, 0) is 42.3 Å². The van der Waals surface area contributed by atoms with E-state index >= 15 is 0 Å². The average Bonchev–Trinajstić information content (AvgIpc) is 3.07. The first kappa shape index (κ1) is 15.8. The van der Waals surface area contributed by atoms with Gasteiger partial charge in [-0.25, -0.2) is 9.78 Å². The van der Waals surface area contributed by atoms with Gasteiger partial charge in [-0.2, -0.15) is 0 Å². The van der Waals surface area contributed by atoms with Crippen molar-refractivity contribution in [3.63, 3.8) is 0 Å². The van der Waals surface area contributed by atoms with Crippen LogP contribution in [0.1, 0.15) is 18.9 Å². The first-order valence-corrected chi connectivity index (χ1v) is 7.70. The van der Waals surface area contributed by atoms with Gasteiger partial charge in [0.05, 0.1) is 6.61 Å². The van der Waals surface area contributed by atoms with E-state index < -0.39 is 5.97 Å². The van der Waals surface area contributed by atoms with Crippen molar-refractivity contribution in [1.82, 2.24) is 4.98 Å². The maximum Gasteiger partial charge on any atom is 0.336 e. The van der Waals surface area contributed by atoms with Crippen LogP contribution in [-0.4, -0.2) is 17.6 Å². The summed E-state index contributed by atoms with van der Waals surface area (Å²) in [4.78, 5) is 15.9. The van der Waals surface area contributed by atoms with E-state index in [0.717, 1.165) is 17.7 Å². The van der Waals surface area contributed by atoms with Gasteiger partial charge in [0.15, 0.2) is 12.0 Å². The summed E-state index contributed by atoms with van der Waals surface area (Å²) in [6, 6.07) is 12.6. The highest BCUT2D eigenvalue weighted by Crippen LogP contribution is 2.20. The third kappa shape index (κ3) is 4.01. The van der Waals surface area contributed by atoms with E-state index in [1.165, 1.54) is 12.5 Å². The Bertz CT molecular complexity index is 849. The number of hydrogen-bond donors (Lipinski definition) is 0. The third-order valence-corrected chi connectivity index (χ3v) is 3.29. The SMILES string of the molecule is CCCOc1ccc(/C=C/C(=O)Oc2ccc3ocnc3c2)cc1. The highest BCUT2D eigenvalue weighted by Gasteiger charge is 2.04. The van der Waals surface area contributed by atoms with Crippen LogP contribution in [-0.2, 0) is 4.79 Å². The summed E-state index contributed by atoms with van der Waals surface area (Å²) >= 11 is 0. The molecular weight excluding hydrogens is 306 g/mol. The van der Waals surface area contributed by atoms with E-state index in [2.05, 4.69) is 11.9 Å². The van der Waals surface area contributed by atoms with Gasteiger partial charge in [-0.3, -0.25) is 0 Å². The topological polar surface area (TPSA) is 61.6 Å². The summed E-state index contributed by atoms with van der Waals surface area (Å²) < 4.78 is 15.9. The molecule has 5 nitrogen and oxygen atoms in total. The van der Waals surface area contributed by atoms with Crippen molar-refractivity contribution in [2.45, 2.75) is 13.3 Å². The highest BCUT2D eigenvalue weighted by atomic mass is 16.5. The zero-order chi connectivity index (χ0) is 16.8. The molecule has 0 radical (unpaired) electrons. The fourth-order valence-electron chi connectivity index (χ4n) is 2.11. The van der Waals surface area contributed by atoms with E-state index in [0.29, 0.717) is 23.5 Å². The number of carbonyl (C=O) groups excluding carboxylic acids is 1. The summed E-state index contributed by atoms with van der Waals surface area (Å²) in [6.07, 6.45) is 5.40. The Morgan fingerprint density at radius 1 is 1.17 bits per heavy atom. The molecule has 0 aliphatic rings. The van der Waals surface area contributed by atoms with Crippen LogP contribution < -0.4 is 9.47 Å². The quantitative estimate of drug-likeness (QED) is 0.386. The summed E-state index contributed by atoms with van der Waals surface area (Å²) in [5, 5.41) is 0. The minimum atomic E-state index is -0.454. The summed E-state index contributed by atoms with van der Waals surface area (Å²) in [5.41, 5.74) is 2.19. The fourth-order valence-corrected chi connectivity index (χ4v) is 2.11. The van der Waals surface area contributed by atoms with E-state index in [1.54, 1.807) is 24.3 Å². The van der Waals surface area contributed by atoms with Gasteiger partial charge in [0.2, 0.25) is 0 Å². The second-order valence-electron chi connectivity index (χ2n) is 5.15. The molecule has 0 atom stereocenters. The molecule has 2 aromatic carbocycles. The predicted molar refractivity (Wildman–Crippen MR) is 90.9 cm³/mol. The molecule has 0 saturated heterocycles. The lowest BCUT2D eigenvalue weighted by Crippen LogP contribution is -2.03. The van der Waals surface area contributed by atoms with Crippen molar-refractivity contribution in [3.05, 3.63) is 60.5 Å². The van der Waals surface area contributed by atoms with E-state index in [-0.39, 0.29) is 0 Å². The van der Waals surface area contributed by atoms with Crippen molar-refractivity contribution in [1.29, 1.82) is 0 Å². The number of esters is 1. The first-order chi connectivity index (χ1) is 11.7. The molecular formula is C19H17NO4. The molecule has 0 amide bonds. The Balaban J connectivity index is 1.60. The molecule has 122 valence electrons. The van der Waals surface area contributed by atoms with E-state index in [9.17, 15) is 4.79 Å². The predicted octanol–water partition coefficient (Wildman–Crippen LogP) is 4.24. The lowest BCUT2D eigenvalue weighted by atomic mass is 10.2. The number of ether oxygens (including phenoxy) is 2. The normalized spacial score (nSPS) is 11.0. The van der Waals surface area contributed by atoms with Gasteiger partial charge in [0, 0.05) is 12.1 Å². The third-order valence-electron chi connectivity index (χ3n) is 3.29. The van der Waals surface area contributed by atoms with Gasteiger partial charge in [-0.15, -0.1) is 0 Å². The van der Waals surface area contributed by atoms with Gasteiger partial charge in [0.25, 0.3) is 0 Å². The van der Waals surface area contributed by atoms with Crippen LogP contribution in [0.5, 0.6) is 11.5 Å². The summed E-state index contributed by atoms with van der Waals surface area (Å²) in [5.74, 6) is 0.788. The van der Waals surface area contributed by atoms with Crippen LogP contribution in [0.3, 0.4) is 0 Å². The van der Waals surface area contributed by atoms with Crippen molar-refractivity contribution in [2.24, 2.45) is 0 Å². The number of carbonyl (C=O) groups is 1. The van der Waals surface area contributed by atoms with Crippen molar-refractivity contribution in [3.8, 4) is 11.5 Å². The number of fused-ring (bicyclic) bond motifs is 1. The van der Waals surface area contributed by atoms with Crippen molar-refractivity contribution in [2.75, 3.05) is 6.61 Å². The summed E-state index contributed by atoms with van der Waals surface area (Å²) in [6.45, 7) is 2.75. The Hall–Kier alpha value is -3.08. The number of hydrogen-bond acceptors (Lipinski definition) is 5. The lowest BCUT2D eigenvalue weighted by Gasteiger charge is -2.04. The Kier molecular flexibility index (Phi) is 4.91. The van der Waals surface area contributed by atoms with Gasteiger partial charge >= 0.3 is 5.97 Å². The molecule has 3 rings (SSSR count). The summed E-state index contributed by atoms with van der Waals surface area (Å²) in [7, 11) is 0. The molecule has 0 spiro atoms. The molecule has 0 bridgehead atoms. The monoisotopic (exact) mass is 323 g/mol. The Labute approximate surface area is 139 Å². The van der Waals surface area contributed by atoms with Crippen LogP contribution in [0.4, 0.5) is 0 Å². The second kappa shape index (κ2) is 7.46. The molecule has 5 heteroatoms. The standard InChI is InChI=1S/C19H17NO4/c1-2-11-22-15-6-3-14(4-7-15)5-10-19(21)24-16-8-9-18-17(12-16)20-13-23-18/h3-10,12-13H,2,11H2,1H3/b10-5+. The van der Waals surface area contributed by atoms with Gasteiger partial charge in [0.1, 0.15) is 17.0 Å². The molecule has 0 N–H and O–H groups in total. The molecule has 0 unspecified atom stereocenters. The zero-order valence-electron chi connectivity index (χ0n) is 13.3. The number of nitrogens with zero attached hydrogens (tertiary/aromatic N) is 1. The van der Waals surface area contributed by atoms with Crippen LogP contribution >= 0.6 is 0 Å². The van der Waals surface area contributed by atoms with Gasteiger partial charge in [-0.1, -0.05) is 19.1 Å². The largest absolute Gasteiger partial charge is 0.494 e. The Morgan fingerprint density at radius 3 is 2.75 bits per heavy atom. The minimum absolute atomic E-state index is 0.425. The molecule has 0 saturated carbocycles. The van der Waals surface area contributed by atoms with Crippen LogP contribution in [0.2, 0.25) is 0 Å². The maximum absolute atomic E-state index is 11.9. The number of benzene rings is 2. The van der Waals surface area contributed by atoms with Crippen LogP contribution in [0.25, 0.3) is 17.2 Å². The molecule has 0 aliphatic heterocycles. The Morgan fingerprint density at radius 2 is 1.96 bits per heavy atom. The second-order valence-corrected chi connectivity index (χ2v) is 5.15. The molecule has 0 aliphatic carbocycles. The molecule has 24 heavy (non-hydrogen) atoms. The van der Waals surface area contributed by atoms with Gasteiger partial charge < -0.3 is 13.9 Å².